The van der Waals surface area contributed by atoms with Gasteiger partial charge in [0.15, 0.2) is 9.84 Å². The Hall–Kier alpha value is -1.51. The molecule has 1 aliphatic heterocycles. The van der Waals surface area contributed by atoms with E-state index in [4.69, 9.17) is 4.74 Å². The Morgan fingerprint density at radius 2 is 1.96 bits per heavy atom. The van der Waals surface area contributed by atoms with Crippen molar-refractivity contribution in [2.24, 2.45) is 0 Å². The lowest BCUT2D eigenvalue weighted by Crippen LogP contribution is -2.48. The third-order valence-electron chi connectivity index (χ3n) is 5.24. The van der Waals surface area contributed by atoms with Crippen LogP contribution < -0.4 is 0 Å². The van der Waals surface area contributed by atoms with Gasteiger partial charge in [0.2, 0.25) is 5.91 Å². The summed E-state index contributed by atoms with van der Waals surface area (Å²) in [4.78, 5) is 16.7. The van der Waals surface area contributed by atoms with E-state index in [9.17, 15) is 17.6 Å². The van der Waals surface area contributed by atoms with Crippen LogP contribution in [0, 0.1) is 5.82 Å². The number of halogens is 1. The van der Waals surface area contributed by atoms with Crippen LogP contribution in [0.5, 0.6) is 0 Å². The molecule has 0 bridgehead atoms. The third-order valence-corrected chi connectivity index (χ3v) is 6.99. The molecular weight excluding hydrogens is 371 g/mol. The number of carbonyl (C=O) groups excluding carboxylic acids is 1. The lowest BCUT2D eigenvalue weighted by atomic mass is 10.2. The lowest BCUT2D eigenvalue weighted by Gasteiger charge is -2.31. The van der Waals surface area contributed by atoms with Gasteiger partial charge in [0, 0.05) is 37.8 Å². The molecular formula is C19H27FN2O4S. The molecule has 0 radical (unpaired) electrons. The molecule has 1 amide bonds. The van der Waals surface area contributed by atoms with Crippen molar-refractivity contribution in [2.45, 2.75) is 37.9 Å². The minimum Gasteiger partial charge on any atom is -0.383 e. The van der Waals surface area contributed by atoms with E-state index in [2.05, 4.69) is 0 Å². The van der Waals surface area contributed by atoms with E-state index in [0.717, 1.165) is 12.8 Å². The molecule has 1 atom stereocenters. The van der Waals surface area contributed by atoms with E-state index in [1.165, 1.54) is 6.07 Å². The highest BCUT2D eigenvalue weighted by atomic mass is 32.2. The summed E-state index contributed by atoms with van der Waals surface area (Å²) in [5.74, 6) is -0.249. The van der Waals surface area contributed by atoms with Crippen LogP contribution in [0.4, 0.5) is 4.39 Å². The number of hydrogen-bond acceptors (Lipinski definition) is 5. The van der Waals surface area contributed by atoms with Gasteiger partial charge in [-0.15, -0.1) is 0 Å². The number of nitrogens with zero attached hydrogens (tertiary/aromatic N) is 2. The predicted octanol–water partition coefficient (Wildman–Crippen LogP) is 1.45. The first-order valence-electron chi connectivity index (χ1n) is 9.36. The monoisotopic (exact) mass is 398 g/mol. The second-order valence-corrected chi connectivity index (χ2v) is 9.59. The highest BCUT2D eigenvalue weighted by Gasteiger charge is 2.37. The average molecular weight is 399 g/mol. The number of rotatable bonds is 9. The van der Waals surface area contributed by atoms with Gasteiger partial charge in [0.05, 0.1) is 24.7 Å². The van der Waals surface area contributed by atoms with Crippen molar-refractivity contribution < 1.29 is 22.3 Å². The fraction of sp³-hybridized carbons (Fsp3) is 0.632. The minimum atomic E-state index is -3.08. The molecule has 0 N–H and O–H groups in total. The Kier molecular flexibility index (Phi) is 6.49. The second kappa shape index (κ2) is 8.67. The van der Waals surface area contributed by atoms with Crippen LogP contribution in [0.1, 0.15) is 24.8 Å². The first-order valence-corrected chi connectivity index (χ1v) is 11.2. The van der Waals surface area contributed by atoms with Crippen LogP contribution >= 0.6 is 0 Å². The molecule has 1 aromatic rings. The molecule has 1 aliphatic carbocycles. The Balaban J connectivity index is 1.69. The maximum atomic E-state index is 14.0. The topological polar surface area (TPSA) is 66.9 Å². The maximum absolute atomic E-state index is 14.0. The number of carbonyl (C=O) groups is 1. The highest BCUT2D eigenvalue weighted by molar-refractivity contribution is 7.91. The molecule has 6 nitrogen and oxygen atoms in total. The maximum Gasteiger partial charge on any atom is 0.237 e. The number of hydrogen-bond donors (Lipinski definition) is 0. The van der Waals surface area contributed by atoms with Gasteiger partial charge in [-0.05, 0) is 25.3 Å². The van der Waals surface area contributed by atoms with Gasteiger partial charge in [-0.1, -0.05) is 18.2 Å². The molecule has 2 fully saturated rings. The van der Waals surface area contributed by atoms with Crippen LogP contribution in [0.25, 0.3) is 0 Å². The van der Waals surface area contributed by atoms with E-state index in [-0.39, 0.29) is 41.9 Å². The summed E-state index contributed by atoms with van der Waals surface area (Å²) in [7, 11) is -1.53. The van der Waals surface area contributed by atoms with Crippen molar-refractivity contribution in [3.63, 3.8) is 0 Å². The van der Waals surface area contributed by atoms with Crippen LogP contribution in [0.2, 0.25) is 0 Å². The molecule has 8 heteroatoms. The first-order chi connectivity index (χ1) is 12.9. The number of benzene rings is 1. The largest absolute Gasteiger partial charge is 0.383 e. The van der Waals surface area contributed by atoms with Crippen LogP contribution in [0.15, 0.2) is 24.3 Å². The Morgan fingerprint density at radius 1 is 1.22 bits per heavy atom. The molecule has 150 valence electrons. The van der Waals surface area contributed by atoms with Crippen molar-refractivity contribution >= 4 is 15.7 Å². The summed E-state index contributed by atoms with van der Waals surface area (Å²) in [6.45, 7) is 1.27. The van der Waals surface area contributed by atoms with Gasteiger partial charge < -0.3 is 9.64 Å². The van der Waals surface area contributed by atoms with Gasteiger partial charge in [0.25, 0.3) is 0 Å². The predicted molar refractivity (Wildman–Crippen MR) is 100 cm³/mol. The summed E-state index contributed by atoms with van der Waals surface area (Å²) in [6, 6.07) is 6.59. The number of ether oxygens (including phenoxy) is 1. The zero-order chi connectivity index (χ0) is 19.4. The first kappa shape index (κ1) is 20.2. The molecule has 0 spiro atoms. The molecule has 1 saturated carbocycles. The summed E-state index contributed by atoms with van der Waals surface area (Å²) in [5, 5.41) is 0. The second-order valence-electron chi connectivity index (χ2n) is 7.36. The minimum absolute atomic E-state index is 0.0131. The Labute approximate surface area is 160 Å². The number of amides is 1. The van der Waals surface area contributed by atoms with E-state index in [1.54, 1.807) is 30.2 Å². The van der Waals surface area contributed by atoms with Gasteiger partial charge in [-0.3, -0.25) is 9.69 Å². The van der Waals surface area contributed by atoms with Gasteiger partial charge in [0.1, 0.15) is 5.82 Å². The summed E-state index contributed by atoms with van der Waals surface area (Å²) in [5.41, 5.74) is 0.573. The smallest absolute Gasteiger partial charge is 0.237 e. The number of sulfone groups is 1. The van der Waals surface area contributed by atoms with E-state index >= 15 is 0 Å². The van der Waals surface area contributed by atoms with Gasteiger partial charge >= 0.3 is 0 Å². The SMILES string of the molecule is COCCN(C(=O)CN(Cc1ccccc1F)C1CC1)C1CCS(=O)(=O)C1. The standard InChI is InChI=1S/C19H27FN2O4S/c1-26-10-9-22(17-8-11-27(24,25)14-17)19(23)13-21(16-6-7-16)12-15-4-2-3-5-18(15)20/h2-5,16-17H,6-14H2,1H3. The van der Waals surface area contributed by atoms with Crippen LogP contribution in [-0.4, -0.2) is 74.5 Å². The number of methoxy groups -OCH3 is 1. The molecule has 1 heterocycles. The molecule has 1 saturated heterocycles. The summed E-state index contributed by atoms with van der Waals surface area (Å²) >= 11 is 0. The molecule has 1 unspecified atom stereocenters. The van der Waals surface area contributed by atoms with Crippen LogP contribution in [-0.2, 0) is 25.9 Å². The van der Waals surface area contributed by atoms with E-state index in [0.29, 0.717) is 31.7 Å². The Bertz CT molecular complexity index is 767. The van der Waals surface area contributed by atoms with Crippen molar-refractivity contribution in [2.75, 3.05) is 38.3 Å². The summed E-state index contributed by atoms with van der Waals surface area (Å²) in [6.07, 6.45) is 2.46. The molecule has 27 heavy (non-hydrogen) atoms. The molecule has 0 aromatic heterocycles. The van der Waals surface area contributed by atoms with E-state index in [1.807, 2.05) is 4.90 Å². The zero-order valence-electron chi connectivity index (χ0n) is 15.6. The van der Waals surface area contributed by atoms with Gasteiger partial charge in [-0.25, -0.2) is 12.8 Å². The van der Waals surface area contributed by atoms with Crippen LogP contribution in [0.3, 0.4) is 0 Å². The third kappa shape index (κ3) is 5.49. The summed E-state index contributed by atoms with van der Waals surface area (Å²) < 4.78 is 42.8. The van der Waals surface area contributed by atoms with Crippen molar-refractivity contribution in [3.05, 3.63) is 35.6 Å². The normalized spacial score (nSPS) is 21.5. The van der Waals surface area contributed by atoms with E-state index < -0.39 is 9.84 Å². The fourth-order valence-electron chi connectivity index (χ4n) is 3.59. The zero-order valence-corrected chi connectivity index (χ0v) is 16.5. The van der Waals surface area contributed by atoms with Crippen molar-refractivity contribution in [1.29, 1.82) is 0 Å². The molecule has 1 aromatic carbocycles. The highest BCUT2D eigenvalue weighted by Crippen LogP contribution is 2.29. The fourth-order valence-corrected chi connectivity index (χ4v) is 5.32. The van der Waals surface area contributed by atoms with Gasteiger partial charge in [-0.2, -0.15) is 0 Å². The van der Waals surface area contributed by atoms with Crippen molar-refractivity contribution in [3.8, 4) is 0 Å². The lowest BCUT2D eigenvalue weighted by molar-refractivity contribution is -0.135. The quantitative estimate of drug-likeness (QED) is 0.630. The molecule has 2 aliphatic rings. The average Bonchev–Trinajstić information content (AvgIpc) is 3.40. The molecule has 3 rings (SSSR count). The Morgan fingerprint density at radius 3 is 2.56 bits per heavy atom. The van der Waals surface area contributed by atoms with Crippen molar-refractivity contribution in [1.82, 2.24) is 9.80 Å².